The van der Waals surface area contributed by atoms with Crippen molar-refractivity contribution in [2.24, 2.45) is 0 Å². The molecule has 1 N–H and O–H groups in total. The van der Waals surface area contributed by atoms with Crippen molar-refractivity contribution in [3.05, 3.63) is 77.6 Å². The second-order valence-electron chi connectivity index (χ2n) is 6.81. The highest BCUT2D eigenvalue weighted by Crippen LogP contribution is 2.40. The maximum Gasteiger partial charge on any atom is 0.296 e. The van der Waals surface area contributed by atoms with Gasteiger partial charge in [-0.15, -0.1) is 16.4 Å². The maximum absolute atomic E-state index is 13.2. The molecular formula is C21H16FN5OS. The molecule has 29 heavy (non-hydrogen) atoms. The van der Waals surface area contributed by atoms with Crippen molar-refractivity contribution < 1.29 is 9.18 Å². The highest BCUT2D eigenvalue weighted by molar-refractivity contribution is 7.14. The predicted molar refractivity (Wildman–Crippen MR) is 109 cm³/mol. The largest absolute Gasteiger partial charge is 0.309 e. The molecule has 1 fully saturated rings. The molecule has 0 unspecified atom stereocenters. The summed E-state index contributed by atoms with van der Waals surface area (Å²) in [5, 5.41) is 7.90. The lowest BCUT2D eigenvalue weighted by Gasteiger charge is -2.04. The lowest BCUT2D eigenvalue weighted by Crippen LogP contribution is -2.14. The minimum atomic E-state index is -0.394. The van der Waals surface area contributed by atoms with Gasteiger partial charge in [0.25, 0.3) is 5.91 Å². The average molecular weight is 405 g/mol. The molecule has 1 saturated carbocycles. The number of rotatable bonds is 5. The molecule has 2 aromatic heterocycles. The Morgan fingerprint density at radius 3 is 2.59 bits per heavy atom. The highest BCUT2D eigenvalue weighted by Gasteiger charge is 2.31. The van der Waals surface area contributed by atoms with E-state index < -0.39 is 5.91 Å². The summed E-state index contributed by atoms with van der Waals surface area (Å²) in [6.45, 7) is 0. The topological polar surface area (TPSA) is 72.7 Å². The van der Waals surface area contributed by atoms with E-state index in [-0.39, 0.29) is 11.6 Å². The van der Waals surface area contributed by atoms with Crippen LogP contribution in [0.4, 0.5) is 9.39 Å². The Balaban J connectivity index is 1.44. The Labute approximate surface area is 170 Å². The van der Waals surface area contributed by atoms with Gasteiger partial charge >= 0.3 is 0 Å². The fourth-order valence-electron chi connectivity index (χ4n) is 3.09. The van der Waals surface area contributed by atoms with Gasteiger partial charge in [-0.2, -0.15) is 0 Å². The third kappa shape index (κ3) is 3.54. The highest BCUT2D eigenvalue weighted by atomic mass is 32.1. The summed E-state index contributed by atoms with van der Waals surface area (Å²) in [6.07, 6.45) is 2.10. The number of thiazole rings is 1. The predicted octanol–water partition coefficient (Wildman–Crippen LogP) is 4.66. The van der Waals surface area contributed by atoms with E-state index in [2.05, 4.69) is 20.4 Å². The number of carbonyl (C=O) groups excluding carboxylic acids is 1. The first kappa shape index (κ1) is 17.7. The molecule has 0 atom stereocenters. The summed E-state index contributed by atoms with van der Waals surface area (Å²) in [4.78, 5) is 21.7. The minimum Gasteiger partial charge on any atom is -0.309 e. The van der Waals surface area contributed by atoms with E-state index in [0.29, 0.717) is 16.6 Å². The second-order valence-corrected chi connectivity index (χ2v) is 7.66. The van der Waals surface area contributed by atoms with Crippen LogP contribution in [-0.2, 0) is 0 Å². The molecule has 1 amide bonds. The second kappa shape index (κ2) is 7.21. The van der Waals surface area contributed by atoms with Gasteiger partial charge in [0.1, 0.15) is 22.3 Å². The molecule has 0 aliphatic heterocycles. The van der Waals surface area contributed by atoms with Crippen molar-refractivity contribution in [2.45, 2.75) is 18.8 Å². The van der Waals surface area contributed by atoms with Crippen molar-refractivity contribution in [1.82, 2.24) is 19.7 Å². The Bertz CT molecular complexity index is 1170. The van der Waals surface area contributed by atoms with Gasteiger partial charge in [0, 0.05) is 11.5 Å². The van der Waals surface area contributed by atoms with Crippen LogP contribution in [0.5, 0.6) is 0 Å². The first-order chi connectivity index (χ1) is 14.2. The van der Waals surface area contributed by atoms with Gasteiger partial charge in [-0.3, -0.25) is 4.79 Å². The molecule has 2 aromatic carbocycles. The zero-order valence-corrected chi connectivity index (χ0v) is 16.1. The van der Waals surface area contributed by atoms with Crippen LogP contribution >= 0.6 is 11.3 Å². The molecule has 2 heterocycles. The third-order valence-corrected chi connectivity index (χ3v) is 5.43. The molecule has 1 aliphatic rings. The number of aromatic nitrogens is 4. The Morgan fingerprint density at radius 1 is 1.10 bits per heavy atom. The number of carbonyl (C=O) groups is 1. The standard InChI is InChI=1S/C21H16FN5OS/c22-15-10-8-13(9-11-15)17-21(29-12-23-17)25-20(28)18-24-19(14-6-7-14)27(26-18)16-4-2-1-3-5-16/h1-5,8-12,14H,6-7H2,(H,25,28). The van der Waals surface area contributed by atoms with Gasteiger partial charge in [0.2, 0.25) is 5.82 Å². The SMILES string of the molecule is O=C(Nc1scnc1-c1ccc(F)cc1)c1nc(C2CC2)n(-c2ccccc2)n1. The monoisotopic (exact) mass is 405 g/mol. The molecule has 0 bridgehead atoms. The van der Waals surface area contributed by atoms with Crippen LogP contribution in [0.25, 0.3) is 16.9 Å². The van der Waals surface area contributed by atoms with Gasteiger partial charge in [0.15, 0.2) is 0 Å². The first-order valence-electron chi connectivity index (χ1n) is 9.22. The number of hydrogen-bond acceptors (Lipinski definition) is 5. The molecule has 4 aromatic rings. The zero-order valence-electron chi connectivity index (χ0n) is 15.2. The van der Waals surface area contributed by atoms with Crippen LogP contribution in [-0.4, -0.2) is 25.7 Å². The van der Waals surface area contributed by atoms with Crippen molar-refractivity contribution in [3.63, 3.8) is 0 Å². The molecule has 0 spiro atoms. The van der Waals surface area contributed by atoms with E-state index in [4.69, 9.17) is 0 Å². The van der Waals surface area contributed by atoms with Gasteiger partial charge in [-0.25, -0.2) is 19.0 Å². The number of amides is 1. The molecular weight excluding hydrogens is 389 g/mol. The maximum atomic E-state index is 13.2. The van der Waals surface area contributed by atoms with E-state index in [0.717, 1.165) is 29.9 Å². The number of halogens is 1. The molecule has 1 aliphatic carbocycles. The van der Waals surface area contributed by atoms with Crippen LogP contribution in [0.1, 0.15) is 35.2 Å². The van der Waals surface area contributed by atoms with E-state index in [1.165, 1.54) is 23.5 Å². The number of hydrogen-bond donors (Lipinski definition) is 1. The Kier molecular flexibility index (Phi) is 4.40. The number of nitrogens with zero attached hydrogens (tertiary/aromatic N) is 4. The van der Waals surface area contributed by atoms with Crippen LogP contribution in [0.15, 0.2) is 60.1 Å². The lowest BCUT2D eigenvalue weighted by molar-refractivity contribution is 0.101. The number of benzene rings is 2. The fourth-order valence-corrected chi connectivity index (χ4v) is 3.79. The number of nitrogens with one attached hydrogen (secondary N) is 1. The minimum absolute atomic E-state index is 0.120. The molecule has 8 heteroatoms. The average Bonchev–Trinajstić information content (AvgIpc) is 3.32. The van der Waals surface area contributed by atoms with Gasteiger partial charge < -0.3 is 5.32 Å². The van der Waals surface area contributed by atoms with Crippen molar-refractivity contribution in [3.8, 4) is 16.9 Å². The molecule has 5 rings (SSSR count). The zero-order chi connectivity index (χ0) is 19.8. The fraction of sp³-hybridized carbons (Fsp3) is 0.143. The van der Waals surface area contributed by atoms with Crippen molar-refractivity contribution in [2.75, 3.05) is 5.32 Å². The van der Waals surface area contributed by atoms with E-state index in [9.17, 15) is 9.18 Å². The summed E-state index contributed by atoms with van der Waals surface area (Å²) in [5.74, 6) is 0.549. The Morgan fingerprint density at radius 2 is 1.86 bits per heavy atom. The van der Waals surface area contributed by atoms with E-state index >= 15 is 0 Å². The van der Waals surface area contributed by atoms with Crippen molar-refractivity contribution >= 4 is 22.2 Å². The summed E-state index contributed by atoms with van der Waals surface area (Å²) in [7, 11) is 0. The quantitative estimate of drug-likeness (QED) is 0.524. The van der Waals surface area contributed by atoms with Crippen LogP contribution in [0.2, 0.25) is 0 Å². The summed E-state index contributed by atoms with van der Waals surface area (Å²) >= 11 is 1.30. The van der Waals surface area contributed by atoms with Gasteiger partial charge in [-0.05, 0) is 49.2 Å². The van der Waals surface area contributed by atoms with E-state index in [1.807, 2.05) is 30.3 Å². The summed E-state index contributed by atoms with van der Waals surface area (Å²) in [6, 6.07) is 15.7. The summed E-state index contributed by atoms with van der Waals surface area (Å²) < 4.78 is 15.0. The third-order valence-electron chi connectivity index (χ3n) is 4.69. The summed E-state index contributed by atoms with van der Waals surface area (Å²) in [5.41, 5.74) is 3.84. The number of para-hydroxylation sites is 1. The van der Waals surface area contributed by atoms with Crippen LogP contribution < -0.4 is 5.32 Å². The van der Waals surface area contributed by atoms with Crippen molar-refractivity contribution in [1.29, 1.82) is 0 Å². The normalized spacial score (nSPS) is 13.4. The van der Waals surface area contributed by atoms with Gasteiger partial charge in [0.05, 0.1) is 11.2 Å². The number of anilines is 1. The lowest BCUT2D eigenvalue weighted by atomic mass is 10.1. The molecule has 0 saturated heterocycles. The molecule has 144 valence electrons. The molecule has 6 nitrogen and oxygen atoms in total. The van der Waals surface area contributed by atoms with Crippen LogP contribution in [0.3, 0.4) is 0 Å². The smallest absolute Gasteiger partial charge is 0.296 e. The first-order valence-corrected chi connectivity index (χ1v) is 10.1. The molecule has 0 radical (unpaired) electrons. The van der Waals surface area contributed by atoms with Gasteiger partial charge in [-0.1, -0.05) is 18.2 Å². The van der Waals surface area contributed by atoms with E-state index in [1.54, 1.807) is 22.3 Å². The Hall–Kier alpha value is -3.39. The van der Waals surface area contributed by atoms with Crippen LogP contribution in [0, 0.1) is 5.82 Å².